The van der Waals surface area contributed by atoms with E-state index in [0.29, 0.717) is 6.54 Å². The standard InChI is InChI=1S/C12H19NO2/c1-8(7-13)12-9(2)10(14-3)5-6-11(12)15-4/h5-6,8H,7,13H2,1-4H3. The summed E-state index contributed by atoms with van der Waals surface area (Å²) in [5, 5.41) is 0. The highest BCUT2D eigenvalue weighted by molar-refractivity contribution is 5.49. The molecule has 0 aliphatic rings. The summed E-state index contributed by atoms with van der Waals surface area (Å²) in [6.45, 7) is 4.72. The summed E-state index contributed by atoms with van der Waals surface area (Å²) >= 11 is 0. The summed E-state index contributed by atoms with van der Waals surface area (Å²) in [6, 6.07) is 3.84. The van der Waals surface area contributed by atoms with Crippen molar-refractivity contribution in [2.24, 2.45) is 5.73 Å². The fourth-order valence-corrected chi connectivity index (χ4v) is 1.81. The van der Waals surface area contributed by atoms with Crippen LogP contribution in [0.1, 0.15) is 24.0 Å². The predicted octanol–water partition coefficient (Wildman–Crippen LogP) is 2.07. The number of hydrogen-bond donors (Lipinski definition) is 1. The quantitative estimate of drug-likeness (QED) is 0.825. The summed E-state index contributed by atoms with van der Waals surface area (Å²) in [4.78, 5) is 0. The molecular weight excluding hydrogens is 190 g/mol. The molecule has 0 aliphatic carbocycles. The zero-order valence-corrected chi connectivity index (χ0v) is 9.83. The molecule has 84 valence electrons. The van der Waals surface area contributed by atoms with E-state index in [-0.39, 0.29) is 5.92 Å². The topological polar surface area (TPSA) is 44.5 Å². The van der Waals surface area contributed by atoms with E-state index < -0.39 is 0 Å². The molecule has 1 unspecified atom stereocenters. The van der Waals surface area contributed by atoms with Gasteiger partial charge in [0.1, 0.15) is 11.5 Å². The monoisotopic (exact) mass is 209 g/mol. The van der Waals surface area contributed by atoms with Crippen LogP contribution in [0.4, 0.5) is 0 Å². The van der Waals surface area contributed by atoms with Crippen molar-refractivity contribution in [3.05, 3.63) is 23.3 Å². The Morgan fingerprint density at radius 2 is 1.73 bits per heavy atom. The van der Waals surface area contributed by atoms with Gasteiger partial charge in [-0.15, -0.1) is 0 Å². The maximum Gasteiger partial charge on any atom is 0.122 e. The van der Waals surface area contributed by atoms with Crippen molar-refractivity contribution in [3.8, 4) is 11.5 Å². The Morgan fingerprint density at radius 1 is 1.20 bits per heavy atom. The SMILES string of the molecule is COc1ccc(OC)c(C(C)CN)c1C. The van der Waals surface area contributed by atoms with E-state index in [0.717, 1.165) is 22.6 Å². The second kappa shape index (κ2) is 5.03. The molecule has 0 aromatic heterocycles. The second-order valence-electron chi connectivity index (χ2n) is 3.65. The predicted molar refractivity (Wildman–Crippen MR) is 61.8 cm³/mol. The second-order valence-corrected chi connectivity index (χ2v) is 3.65. The molecule has 15 heavy (non-hydrogen) atoms. The third-order valence-corrected chi connectivity index (χ3v) is 2.71. The van der Waals surface area contributed by atoms with Gasteiger partial charge in [-0.25, -0.2) is 0 Å². The molecule has 2 N–H and O–H groups in total. The van der Waals surface area contributed by atoms with Gasteiger partial charge in [-0.3, -0.25) is 0 Å². The highest BCUT2D eigenvalue weighted by atomic mass is 16.5. The molecule has 0 spiro atoms. The molecular formula is C12H19NO2. The lowest BCUT2D eigenvalue weighted by Crippen LogP contribution is -2.12. The van der Waals surface area contributed by atoms with Crippen LogP contribution in [-0.2, 0) is 0 Å². The van der Waals surface area contributed by atoms with Crippen molar-refractivity contribution in [1.29, 1.82) is 0 Å². The molecule has 0 fully saturated rings. The summed E-state index contributed by atoms with van der Waals surface area (Å²) in [5.74, 6) is 2.03. The zero-order valence-electron chi connectivity index (χ0n) is 9.83. The van der Waals surface area contributed by atoms with E-state index >= 15 is 0 Å². The van der Waals surface area contributed by atoms with Gasteiger partial charge in [0.25, 0.3) is 0 Å². The summed E-state index contributed by atoms with van der Waals surface area (Å²) < 4.78 is 10.6. The van der Waals surface area contributed by atoms with Gasteiger partial charge in [0.15, 0.2) is 0 Å². The molecule has 0 saturated carbocycles. The number of ether oxygens (including phenoxy) is 2. The van der Waals surface area contributed by atoms with Gasteiger partial charge < -0.3 is 15.2 Å². The lowest BCUT2D eigenvalue weighted by molar-refractivity contribution is 0.393. The van der Waals surface area contributed by atoms with E-state index in [4.69, 9.17) is 15.2 Å². The molecule has 0 aliphatic heterocycles. The average molecular weight is 209 g/mol. The number of rotatable bonds is 4. The van der Waals surface area contributed by atoms with E-state index in [2.05, 4.69) is 6.92 Å². The molecule has 3 heteroatoms. The van der Waals surface area contributed by atoms with Crippen molar-refractivity contribution >= 4 is 0 Å². The van der Waals surface area contributed by atoms with Gasteiger partial charge in [0, 0.05) is 5.56 Å². The fourth-order valence-electron chi connectivity index (χ4n) is 1.81. The number of nitrogens with two attached hydrogens (primary N) is 1. The first-order valence-corrected chi connectivity index (χ1v) is 5.07. The van der Waals surface area contributed by atoms with Crippen molar-refractivity contribution in [1.82, 2.24) is 0 Å². The van der Waals surface area contributed by atoms with Gasteiger partial charge in [0.2, 0.25) is 0 Å². The van der Waals surface area contributed by atoms with Crippen LogP contribution in [0.2, 0.25) is 0 Å². The van der Waals surface area contributed by atoms with E-state index in [1.54, 1.807) is 14.2 Å². The van der Waals surface area contributed by atoms with Crippen LogP contribution in [-0.4, -0.2) is 20.8 Å². The van der Waals surface area contributed by atoms with E-state index in [1.165, 1.54) is 0 Å². The molecule has 1 rings (SSSR count). The Kier molecular flexibility index (Phi) is 3.97. The molecule has 3 nitrogen and oxygen atoms in total. The molecule has 1 aromatic rings. The van der Waals surface area contributed by atoms with Crippen LogP contribution in [0.5, 0.6) is 11.5 Å². The smallest absolute Gasteiger partial charge is 0.122 e. The maximum absolute atomic E-state index is 5.69. The number of methoxy groups -OCH3 is 2. The number of hydrogen-bond acceptors (Lipinski definition) is 3. The molecule has 0 bridgehead atoms. The fraction of sp³-hybridized carbons (Fsp3) is 0.500. The Bertz CT molecular complexity index is 337. The van der Waals surface area contributed by atoms with Gasteiger partial charge >= 0.3 is 0 Å². The summed E-state index contributed by atoms with van der Waals surface area (Å²) in [6.07, 6.45) is 0. The van der Waals surface area contributed by atoms with Gasteiger partial charge in [-0.2, -0.15) is 0 Å². The van der Waals surface area contributed by atoms with Crippen LogP contribution in [0, 0.1) is 6.92 Å². The third-order valence-electron chi connectivity index (χ3n) is 2.71. The van der Waals surface area contributed by atoms with E-state index in [1.807, 2.05) is 19.1 Å². The lowest BCUT2D eigenvalue weighted by atomic mass is 9.95. The molecule has 1 atom stereocenters. The maximum atomic E-state index is 5.69. The summed E-state index contributed by atoms with van der Waals surface area (Å²) in [5.41, 5.74) is 7.94. The van der Waals surface area contributed by atoms with Gasteiger partial charge in [-0.05, 0) is 37.1 Å². The first kappa shape index (κ1) is 11.9. The van der Waals surface area contributed by atoms with Crippen LogP contribution in [0.3, 0.4) is 0 Å². The minimum absolute atomic E-state index is 0.273. The zero-order chi connectivity index (χ0) is 11.4. The minimum Gasteiger partial charge on any atom is -0.496 e. The largest absolute Gasteiger partial charge is 0.496 e. The van der Waals surface area contributed by atoms with E-state index in [9.17, 15) is 0 Å². The Hall–Kier alpha value is -1.22. The van der Waals surface area contributed by atoms with Crippen LogP contribution < -0.4 is 15.2 Å². The highest BCUT2D eigenvalue weighted by Gasteiger charge is 2.15. The van der Waals surface area contributed by atoms with Gasteiger partial charge in [-0.1, -0.05) is 6.92 Å². The first-order chi connectivity index (χ1) is 7.15. The summed E-state index contributed by atoms with van der Waals surface area (Å²) in [7, 11) is 3.35. The Morgan fingerprint density at radius 3 is 2.20 bits per heavy atom. The molecule has 0 radical (unpaired) electrons. The van der Waals surface area contributed by atoms with Crippen LogP contribution in [0.15, 0.2) is 12.1 Å². The van der Waals surface area contributed by atoms with Crippen molar-refractivity contribution < 1.29 is 9.47 Å². The molecule has 0 saturated heterocycles. The lowest BCUT2D eigenvalue weighted by Gasteiger charge is -2.18. The first-order valence-electron chi connectivity index (χ1n) is 5.07. The normalized spacial score (nSPS) is 12.3. The minimum atomic E-state index is 0.273. The van der Waals surface area contributed by atoms with Crippen LogP contribution in [0.25, 0.3) is 0 Å². The van der Waals surface area contributed by atoms with Crippen molar-refractivity contribution in [2.45, 2.75) is 19.8 Å². The van der Waals surface area contributed by atoms with Crippen LogP contribution >= 0.6 is 0 Å². The molecule has 0 heterocycles. The third kappa shape index (κ3) is 2.23. The average Bonchev–Trinajstić information content (AvgIpc) is 2.27. The van der Waals surface area contributed by atoms with Gasteiger partial charge in [0.05, 0.1) is 14.2 Å². The highest BCUT2D eigenvalue weighted by Crippen LogP contribution is 2.34. The Labute approximate surface area is 91.2 Å². The molecule has 0 amide bonds. The number of benzene rings is 1. The van der Waals surface area contributed by atoms with Crippen molar-refractivity contribution in [2.75, 3.05) is 20.8 Å². The van der Waals surface area contributed by atoms with Crippen molar-refractivity contribution in [3.63, 3.8) is 0 Å². The molecule has 1 aromatic carbocycles. The Balaban J connectivity index is 3.29.